The van der Waals surface area contributed by atoms with Gasteiger partial charge in [-0.1, -0.05) is 80.5 Å². The van der Waals surface area contributed by atoms with E-state index in [0.29, 0.717) is 12.8 Å². The van der Waals surface area contributed by atoms with E-state index in [0.717, 1.165) is 19.3 Å². The molecule has 0 spiro atoms. The largest absolute Gasteiger partial charge is 0.481 e. The zero-order valence-corrected chi connectivity index (χ0v) is 15.5. The molecule has 0 bridgehead atoms. The van der Waals surface area contributed by atoms with Gasteiger partial charge in [0.1, 0.15) is 0 Å². The third-order valence-corrected chi connectivity index (χ3v) is 3.50. The minimum absolute atomic E-state index is 0.173. The van der Waals surface area contributed by atoms with Gasteiger partial charge in [-0.25, -0.2) is 0 Å². The van der Waals surface area contributed by atoms with Crippen LogP contribution in [0.15, 0.2) is 60.8 Å². The lowest BCUT2D eigenvalue weighted by Gasteiger charge is -1.98. The highest BCUT2D eigenvalue weighted by atomic mass is 16.4. The van der Waals surface area contributed by atoms with Crippen LogP contribution in [0.1, 0.15) is 64.7 Å². The highest BCUT2D eigenvalue weighted by Crippen LogP contribution is 2.01. The molecule has 0 saturated carbocycles. The molecule has 0 fully saturated rings. The average molecular weight is 347 g/mol. The molecule has 25 heavy (non-hydrogen) atoms. The summed E-state index contributed by atoms with van der Waals surface area (Å²) in [5, 5.41) is 18.3. The second-order valence-electron chi connectivity index (χ2n) is 5.93. The minimum atomic E-state index is -0.771. The van der Waals surface area contributed by atoms with Crippen molar-refractivity contribution < 1.29 is 15.0 Å². The Morgan fingerprint density at radius 1 is 0.880 bits per heavy atom. The minimum Gasteiger partial charge on any atom is -0.481 e. The van der Waals surface area contributed by atoms with E-state index in [1.54, 1.807) is 6.08 Å². The van der Waals surface area contributed by atoms with E-state index in [9.17, 15) is 9.90 Å². The van der Waals surface area contributed by atoms with Crippen molar-refractivity contribution in [3.05, 3.63) is 60.8 Å². The van der Waals surface area contributed by atoms with Gasteiger partial charge in [-0.3, -0.25) is 4.79 Å². The van der Waals surface area contributed by atoms with Gasteiger partial charge in [0, 0.05) is 6.42 Å². The van der Waals surface area contributed by atoms with E-state index >= 15 is 0 Å². The molecular weight excluding hydrogens is 312 g/mol. The van der Waals surface area contributed by atoms with Crippen molar-refractivity contribution >= 4 is 5.97 Å². The molecule has 0 aromatic rings. The van der Waals surface area contributed by atoms with E-state index in [1.807, 2.05) is 36.5 Å². The van der Waals surface area contributed by atoms with Gasteiger partial charge in [0.25, 0.3) is 0 Å². The van der Waals surface area contributed by atoms with Crippen molar-refractivity contribution in [3.8, 4) is 0 Å². The maximum Gasteiger partial charge on any atom is 0.303 e. The Morgan fingerprint density at radius 3 is 2.28 bits per heavy atom. The predicted octanol–water partition coefficient (Wildman–Crippen LogP) is 5.74. The van der Waals surface area contributed by atoms with Crippen LogP contribution in [0.4, 0.5) is 0 Å². The van der Waals surface area contributed by atoms with Crippen LogP contribution >= 0.6 is 0 Å². The average Bonchev–Trinajstić information content (AvgIpc) is 2.58. The quantitative estimate of drug-likeness (QED) is 0.226. The molecule has 0 heterocycles. The molecule has 0 aromatic carbocycles. The molecule has 0 rings (SSSR count). The third kappa shape index (κ3) is 20.1. The van der Waals surface area contributed by atoms with Gasteiger partial charge in [0.2, 0.25) is 0 Å². The zero-order valence-electron chi connectivity index (χ0n) is 15.5. The standard InChI is InChI=1S/C22H34O3/c1-2-3-4-5-6-7-8-9-12-15-18-21(23)19-16-13-10-11-14-17-20-22(24)25/h6-7,9,11-16,18,21,23H,2-5,8,10,17,19-20H2,1H3,(H,24,25)/b7-6-,12-9-,14-11-,16-13-,18-15+/t21-/m0/s1. The topological polar surface area (TPSA) is 57.5 Å². The number of allylic oxidation sites excluding steroid dienone is 8. The summed E-state index contributed by atoms with van der Waals surface area (Å²) in [4.78, 5) is 10.3. The Kier molecular flexibility index (Phi) is 17.1. The first kappa shape index (κ1) is 23.1. The molecule has 3 heteroatoms. The van der Waals surface area contributed by atoms with Gasteiger partial charge < -0.3 is 10.2 Å². The van der Waals surface area contributed by atoms with Crippen LogP contribution in [0.2, 0.25) is 0 Å². The summed E-state index contributed by atoms with van der Waals surface area (Å²) in [6, 6.07) is 0. The number of hydrogen-bond donors (Lipinski definition) is 2. The van der Waals surface area contributed by atoms with Gasteiger partial charge in [-0.15, -0.1) is 0 Å². The van der Waals surface area contributed by atoms with E-state index in [2.05, 4.69) is 25.2 Å². The Balaban J connectivity index is 3.68. The van der Waals surface area contributed by atoms with Crippen molar-refractivity contribution in [2.45, 2.75) is 70.8 Å². The molecule has 0 saturated heterocycles. The van der Waals surface area contributed by atoms with Crippen molar-refractivity contribution in [2.75, 3.05) is 0 Å². The summed E-state index contributed by atoms with van der Waals surface area (Å²) in [7, 11) is 0. The fourth-order valence-corrected chi connectivity index (χ4v) is 2.06. The molecular formula is C22H34O3. The van der Waals surface area contributed by atoms with Crippen LogP contribution in [0.5, 0.6) is 0 Å². The highest BCUT2D eigenvalue weighted by molar-refractivity contribution is 5.66. The third-order valence-electron chi connectivity index (χ3n) is 3.50. The smallest absolute Gasteiger partial charge is 0.303 e. The lowest BCUT2D eigenvalue weighted by molar-refractivity contribution is -0.136. The number of carbonyl (C=O) groups is 1. The van der Waals surface area contributed by atoms with Crippen molar-refractivity contribution in [1.82, 2.24) is 0 Å². The molecule has 0 aliphatic heterocycles. The van der Waals surface area contributed by atoms with E-state index < -0.39 is 12.1 Å². The SMILES string of the molecule is CCCCC/C=C\C/C=C\C=C\[C@H](O)C/C=C\C/C=C\CCC(=O)O. The summed E-state index contributed by atoms with van der Waals surface area (Å²) in [6.45, 7) is 2.21. The summed E-state index contributed by atoms with van der Waals surface area (Å²) in [6.07, 6.45) is 27.4. The van der Waals surface area contributed by atoms with Crippen LogP contribution in [0.3, 0.4) is 0 Å². The number of rotatable bonds is 15. The second kappa shape index (κ2) is 18.5. The van der Waals surface area contributed by atoms with Crippen LogP contribution in [-0.4, -0.2) is 22.3 Å². The number of aliphatic carboxylic acids is 1. The van der Waals surface area contributed by atoms with Crippen molar-refractivity contribution in [2.24, 2.45) is 0 Å². The first-order valence-electron chi connectivity index (χ1n) is 9.35. The normalized spacial score (nSPS) is 14.0. The summed E-state index contributed by atoms with van der Waals surface area (Å²) >= 11 is 0. The Labute approximate surface area is 153 Å². The van der Waals surface area contributed by atoms with Gasteiger partial charge in [-0.2, -0.15) is 0 Å². The Bertz CT molecular complexity index is 456. The maximum absolute atomic E-state index is 10.3. The number of aliphatic hydroxyl groups is 1. The fraction of sp³-hybridized carbons (Fsp3) is 0.500. The maximum atomic E-state index is 10.3. The molecule has 140 valence electrons. The van der Waals surface area contributed by atoms with Crippen LogP contribution in [-0.2, 0) is 4.79 Å². The first-order valence-corrected chi connectivity index (χ1v) is 9.35. The fourth-order valence-electron chi connectivity index (χ4n) is 2.06. The molecule has 3 nitrogen and oxygen atoms in total. The molecule has 1 atom stereocenters. The molecule has 0 aromatic heterocycles. The summed E-state index contributed by atoms with van der Waals surface area (Å²) in [5.74, 6) is -0.771. The van der Waals surface area contributed by atoms with Gasteiger partial charge in [0.05, 0.1) is 6.10 Å². The van der Waals surface area contributed by atoms with Crippen molar-refractivity contribution in [3.63, 3.8) is 0 Å². The molecule has 0 amide bonds. The summed E-state index contributed by atoms with van der Waals surface area (Å²) < 4.78 is 0. The van der Waals surface area contributed by atoms with Crippen molar-refractivity contribution in [1.29, 1.82) is 0 Å². The van der Waals surface area contributed by atoms with Crippen LogP contribution in [0.25, 0.3) is 0 Å². The van der Waals surface area contributed by atoms with Gasteiger partial charge in [0.15, 0.2) is 0 Å². The number of carboxylic acid groups (broad SMARTS) is 1. The second-order valence-corrected chi connectivity index (χ2v) is 5.93. The van der Waals surface area contributed by atoms with Gasteiger partial charge >= 0.3 is 5.97 Å². The van der Waals surface area contributed by atoms with Crippen LogP contribution < -0.4 is 0 Å². The lowest BCUT2D eigenvalue weighted by atomic mass is 10.2. The molecule has 0 aliphatic carbocycles. The van der Waals surface area contributed by atoms with E-state index in [1.165, 1.54) is 19.3 Å². The van der Waals surface area contributed by atoms with Crippen LogP contribution in [0, 0.1) is 0 Å². The predicted molar refractivity (Wildman–Crippen MR) is 107 cm³/mol. The molecule has 0 radical (unpaired) electrons. The number of aliphatic hydroxyl groups excluding tert-OH is 1. The monoisotopic (exact) mass is 346 g/mol. The van der Waals surface area contributed by atoms with E-state index in [4.69, 9.17) is 5.11 Å². The first-order chi connectivity index (χ1) is 12.2. The molecule has 0 aliphatic rings. The zero-order chi connectivity index (χ0) is 18.6. The number of unbranched alkanes of at least 4 members (excludes halogenated alkanes) is 3. The number of hydrogen-bond acceptors (Lipinski definition) is 2. The summed E-state index contributed by atoms with van der Waals surface area (Å²) in [5.41, 5.74) is 0. The molecule has 2 N–H and O–H groups in total. The highest BCUT2D eigenvalue weighted by Gasteiger charge is 1.93. The Hall–Kier alpha value is -1.87. The van der Waals surface area contributed by atoms with Gasteiger partial charge in [-0.05, 0) is 38.5 Å². The molecule has 0 unspecified atom stereocenters. The Morgan fingerprint density at radius 2 is 1.56 bits per heavy atom. The number of carboxylic acids is 1. The lowest BCUT2D eigenvalue weighted by Crippen LogP contribution is -1.98. The van der Waals surface area contributed by atoms with E-state index in [-0.39, 0.29) is 6.42 Å².